The summed E-state index contributed by atoms with van der Waals surface area (Å²) in [5.41, 5.74) is 1.81. The van der Waals surface area contributed by atoms with Gasteiger partial charge in [-0.15, -0.1) is 0 Å². The Kier molecular flexibility index (Phi) is 2.80. The van der Waals surface area contributed by atoms with Crippen LogP contribution in [0.1, 0.15) is 20.3 Å². The highest BCUT2D eigenvalue weighted by Gasteiger charge is 2.01. The highest BCUT2D eigenvalue weighted by molar-refractivity contribution is 5.85. The molecular weight excluding hydrogens is 152 g/mol. The average molecular weight is 164 g/mol. The molecule has 0 aliphatic rings. The lowest BCUT2D eigenvalue weighted by atomic mass is 10.3. The maximum atomic E-state index is 5.02. The van der Waals surface area contributed by atoms with Crippen molar-refractivity contribution in [3.63, 3.8) is 0 Å². The summed E-state index contributed by atoms with van der Waals surface area (Å²) in [6.45, 7) is 7.41. The summed E-state index contributed by atoms with van der Waals surface area (Å²) in [5, 5.41) is 0. The van der Waals surface area contributed by atoms with Crippen LogP contribution in [0.15, 0.2) is 26.7 Å². The molecule has 1 rings (SSSR count). The smallest absolute Gasteiger partial charge is 0.244 e. The Hall–Kier alpha value is -1.38. The highest BCUT2D eigenvalue weighted by Crippen LogP contribution is 2.28. The third-order valence-corrected chi connectivity index (χ3v) is 1.59. The quantitative estimate of drug-likeness (QED) is 0.632. The van der Waals surface area contributed by atoms with Gasteiger partial charge in [-0.1, -0.05) is 6.92 Å². The molecule has 0 saturated heterocycles. The molecule has 3 nitrogen and oxygen atoms in total. The van der Waals surface area contributed by atoms with Crippen LogP contribution in [0.3, 0.4) is 0 Å². The lowest BCUT2D eigenvalue weighted by Crippen LogP contribution is -1.83. The lowest BCUT2D eigenvalue weighted by Gasteiger charge is -1.92. The molecule has 1 aromatic heterocycles. The lowest BCUT2D eigenvalue weighted by molar-refractivity contribution is 0.579. The molecular formula is C9H12N2O. The Balaban J connectivity index is 2.95. The van der Waals surface area contributed by atoms with Crippen molar-refractivity contribution in [2.24, 2.45) is 9.98 Å². The molecule has 0 spiro atoms. The molecule has 1 aromatic rings. The molecule has 0 aliphatic carbocycles. The summed E-state index contributed by atoms with van der Waals surface area (Å²) in [5.74, 6) is 0.489. The van der Waals surface area contributed by atoms with Crippen molar-refractivity contribution in [1.29, 1.82) is 0 Å². The molecule has 1 heterocycles. The first-order valence-electron chi connectivity index (χ1n) is 3.86. The van der Waals surface area contributed by atoms with E-state index < -0.39 is 0 Å². The third-order valence-electron chi connectivity index (χ3n) is 1.59. The van der Waals surface area contributed by atoms with Gasteiger partial charge in [0.15, 0.2) is 0 Å². The Morgan fingerprint density at radius 1 is 1.67 bits per heavy atom. The zero-order chi connectivity index (χ0) is 8.97. The fourth-order valence-electron chi connectivity index (χ4n) is 0.783. The van der Waals surface area contributed by atoms with Crippen LogP contribution in [0.2, 0.25) is 0 Å². The van der Waals surface area contributed by atoms with E-state index in [1.165, 1.54) is 0 Å². The van der Waals surface area contributed by atoms with Crippen molar-refractivity contribution < 1.29 is 4.42 Å². The van der Waals surface area contributed by atoms with E-state index in [4.69, 9.17) is 4.42 Å². The zero-order valence-corrected chi connectivity index (χ0v) is 7.37. The van der Waals surface area contributed by atoms with Gasteiger partial charge in [-0.2, -0.15) is 0 Å². The number of nitrogens with zero attached hydrogens (tertiary/aromatic N) is 2. The molecule has 0 bridgehead atoms. The van der Waals surface area contributed by atoms with Crippen molar-refractivity contribution in [2.45, 2.75) is 20.3 Å². The van der Waals surface area contributed by atoms with Crippen molar-refractivity contribution in [2.75, 3.05) is 0 Å². The highest BCUT2D eigenvalue weighted by atomic mass is 16.3. The van der Waals surface area contributed by atoms with Crippen molar-refractivity contribution in [1.82, 2.24) is 0 Å². The van der Waals surface area contributed by atoms with Gasteiger partial charge < -0.3 is 4.42 Å². The van der Waals surface area contributed by atoms with E-state index in [1.54, 1.807) is 12.3 Å². The van der Waals surface area contributed by atoms with E-state index in [-0.39, 0.29) is 0 Å². The van der Waals surface area contributed by atoms with E-state index in [0.29, 0.717) is 5.88 Å². The Bertz CT molecular complexity index is 299. The second-order valence-corrected chi connectivity index (χ2v) is 2.47. The summed E-state index contributed by atoms with van der Waals surface area (Å²) < 4.78 is 5.02. The molecule has 0 amide bonds. The number of hydrogen-bond donors (Lipinski definition) is 0. The summed E-state index contributed by atoms with van der Waals surface area (Å²) in [7, 11) is 0. The van der Waals surface area contributed by atoms with Gasteiger partial charge in [0.2, 0.25) is 5.88 Å². The van der Waals surface area contributed by atoms with Crippen molar-refractivity contribution in [3.8, 4) is 0 Å². The predicted octanol–water partition coefficient (Wildman–Crippen LogP) is 3.11. The minimum atomic E-state index is 0.489. The van der Waals surface area contributed by atoms with Gasteiger partial charge in [-0.25, -0.2) is 4.99 Å². The Morgan fingerprint density at radius 3 is 3.00 bits per heavy atom. The standard InChI is InChI=1S/C9H12N2O/c1-4-7(2)11-8-5-6-12-9(8)10-3/h5-6H,3-4H2,1-2H3. The van der Waals surface area contributed by atoms with Gasteiger partial charge in [0.25, 0.3) is 0 Å². The van der Waals surface area contributed by atoms with Gasteiger partial charge >= 0.3 is 0 Å². The van der Waals surface area contributed by atoms with Gasteiger partial charge in [-0.05, 0) is 20.1 Å². The second kappa shape index (κ2) is 3.85. The molecule has 3 heteroatoms. The topological polar surface area (TPSA) is 37.9 Å². The molecule has 0 radical (unpaired) electrons. The van der Waals surface area contributed by atoms with Gasteiger partial charge in [0.05, 0.1) is 6.26 Å². The van der Waals surface area contributed by atoms with Gasteiger partial charge in [-0.3, -0.25) is 4.99 Å². The number of furan rings is 1. The van der Waals surface area contributed by atoms with Crippen molar-refractivity contribution >= 4 is 24.0 Å². The first-order valence-corrected chi connectivity index (χ1v) is 3.86. The molecule has 0 saturated carbocycles. The van der Waals surface area contributed by atoms with Gasteiger partial charge in [0, 0.05) is 11.8 Å². The maximum Gasteiger partial charge on any atom is 0.244 e. The maximum absolute atomic E-state index is 5.02. The largest absolute Gasteiger partial charge is 0.445 e. The predicted molar refractivity (Wildman–Crippen MR) is 51.0 cm³/mol. The van der Waals surface area contributed by atoms with E-state index in [1.807, 2.05) is 6.92 Å². The van der Waals surface area contributed by atoms with Crippen LogP contribution in [0.25, 0.3) is 0 Å². The monoisotopic (exact) mass is 164 g/mol. The second-order valence-electron chi connectivity index (χ2n) is 2.47. The fraction of sp³-hybridized carbons (Fsp3) is 0.333. The van der Waals surface area contributed by atoms with Crippen LogP contribution < -0.4 is 0 Å². The number of aliphatic imine (C=N–C) groups is 2. The number of hydrogen-bond acceptors (Lipinski definition) is 3. The van der Waals surface area contributed by atoms with Crippen LogP contribution in [0, 0.1) is 0 Å². The van der Waals surface area contributed by atoms with E-state index in [9.17, 15) is 0 Å². The summed E-state index contributed by atoms with van der Waals surface area (Å²) >= 11 is 0. The molecule has 0 N–H and O–H groups in total. The molecule has 12 heavy (non-hydrogen) atoms. The minimum absolute atomic E-state index is 0.489. The fourth-order valence-corrected chi connectivity index (χ4v) is 0.783. The molecule has 0 aliphatic heterocycles. The molecule has 0 atom stereocenters. The third kappa shape index (κ3) is 1.81. The SMILES string of the molecule is C=Nc1occc1N=C(C)CC. The van der Waals surface area contributed by atoms with E-state index in [2.05, 4.69) is 23.6 Å². The summed E-state index contributed by atoms with van der Waals surface area (Å²) in [6.07, 6.45) is 2.49. The van der Waals surface area contributed by atoms with E-state index in [0.717, 1.165) is 17.8 Å². The Labute approximate surface area is 71.8 Å². The molecule has 64 valence electrons. The van der Waals surface area contributed by atoms with Crippen molar-refractivity contribution in [3.05, 3.63) is 12.3 Å². The van der Waals surface area contributed by atoms with Crippen LogP contribution in [0.5, 0.6) is 0 Å². The zero-order valence-electron chi connectivity index (χ0n) is 7.37. The van der Waals surface area contributed by atoms with Crippen LogP contribution in [0.4, 0.5) is 11.6 Å². The van der Waals surface area contributed by atoms with Crippen LogP contribution >= 0.6 is 0 Å². The van der Waals surface area contributed by atoms with Crippen LogP contribution in [-0.2, 0) is 0 Å². The minimum Gasteiger partial charge on any atom is -0.445 e. The summed E-state index contributed by atoms with van der Waals surface area (Å²) in [6, 6.07) is 1.78. The summed E-state index contributed by atoms with van der Waals surface area (Å²) in [4.78, 5) is 7.99. The average Bonchev–Trinajstić information content (AvgIpc) is 2.51. The molecule has 0 unspecified atom stereocenters. The van der Waals surface area contributed by atoms with Crippen LogP contribution in [-0.4, -0.2) is 12.4 Å². The first kappa shape index (κ1) is 8.71. The first-order chi connectivity index (χ1) is 5.77. The normalized spacial score (nSPS) is 11.7. The van der Waals surface area contributed by atoms with E-state index >= 15 is 0 Å². The molecule has 0 aromatic carbocycles. The Morgan fingerprint density at radius 2 is 2.42 bits per heavy atom. The van der Waals surface area contributed by atoms with Gasteiger partial charge in [0.1, 0.15) is 5.69 Å². The molecule has 0 fully saturated rings. The number of rotatable bonds is 3.